The van der Waals surface area contributed by atoms with Crippen molar-refractivity contribution in [3.8, 4) is 0 Å². The molecule has 8 heteroatoms. The number of nitrogens with one attached hydrogen (secondary N) is 1. The molecule has 0 bridgehead atoms. The van der Waals surface area contributed by atoms with Gasteiger partial charge in [-0.25, -0.2) is 4.39 Å². The Bertz CT molecular complexity index is 717. The van der Waals surface area contributed by atoms with Crippen molar-refractivity contribution in [1.29, 1.82) is 0 Å². The van der Waals surface area contributed by atoms with Crippen LogP contribution in [0.2, 0.25) is 10.0 Å². The molecule has 0 aliphatic carbocycles. The zero-order valence-corrected chi connectivity index (χ0v) is 11.8. The summed E-state index contributed by atoms with van der Waals surface area (Å²) in [5.41, 5.74) is -0.0347. The molecule has 21 heavy (non-hydrogen) atoms. The first kappa shape index (κ1) is 15.2. The lowest BCUT2D eigenvalue weighted by atomic mass is 10.2. The highest BCUT2D eigenvalue weighted by atomic mass is 35.5. The predicted molar refractivity (Wildman–Crippen MR) is 77.5 cm³/mol. The summed E-state index contributed by atoms with van der Waals surface area (Å²) in [6.45, 7) is 0. The van der Waals surface area contributed by atoms with E-state index in [9.17, 15) is 19.3 Å². The average Bonchev–Trinajstić information content (AvgIpc) is 2.36. The molecule has 0 heterocycles. The number of carbonyl (C=O) groups excluding carboxylic acids is 1. The number of hydrogen-bond donors (Lipinski definition) is 1. The third-order valence-electron chi connectivity index (χ3n) is 2.53. The lowest BCUT2D eigenvalue weighted by Gasteiger charge is -2.06. The number of anilines is 1. The molecule has 0 aromatic heterocycles. The Labute approximate surface area is 128 Å². The number of nitrogens with zero attached hydrogens (tertiary/aromatic N) is 1. The Morgan fingerprint density at radius 2 is 1.90 bits per heavy atom. The summed E-state index contributed by atoms with van der Waals surface area (Å²) in [5.74, 6) is -1.19. The largest absolute Gasteiger partial charge is 0.322 e. The van der Waals surface area contributed by atoms with E-state index < -0.39 is 16.6 Å². The van der Waals surface area contributed by atoms with Crippen molar-refractivity contribution < 1.29 is 14.1 Å². The number of benzene rings is 2. The molecule has 2 rings (SSSR count). The average molecular weight is 329 g/mol. The number of halogens is 3. The molecule has 0 saturated carbocycles. The van der Waals surface area contributed by atoms with Crippen LogP contribution in [0.1, 0.15) is 10.4 Å². The van der Waals surface area contributed by atoms with E-state index in [1.54, 1.807) is 0 Å². The molecule has 0 spiro atoms. The molecule has 0 fully saturated rings. The van der Waals surface area contributed by atoms with Gasteiger partial charge < -0.3 is 5.32 Å². The monoisotopic (exact) mass is 328 g/mol. The highest BCUT2D eigenvalue weighted by Crippen LogP contribution is 2.25. The van der Waals surface area contributed by atoms with Crippen LogP contribution >= 0.6 is 23.2 Å². The lowest BCUT2D eigenvalue weighted by Crippen LogP contribution is -2.12. The number of nitro benzene ring substituents is 1. The van der Waals surface area contributed by atoms with Gasteiger partial charge in [-0.1, -0.05) is 23.2 Å². The Balaban J connectivity index is 2.24. The van der Waals surface area contributed by atoms with E-state index in [2.05, 4.69) is 5.32 Å². The Hall–Kier alpha value is -2.18. The number of hydrogen-bond acceptors (Lipinski definition) is 3. The van der Waals surface area contributed by atoms with Crippen LogP contribution in [0.5, 0.6) is 0 Å². The molecular weight excluding hydrogens is 322 g/mol. The predicted octanol–water partition coefficient (Wildman–Crippen LogP) is 4.29. The summed E-state index contributed by atoms with van der Waals surface area (Å²) in [7, 11) is 0. The second-order valence-electron chi connectivity index (χ2n) is 4.04. The van der Waals surface area contributed by atoms with E-state index in [0.29, 0.717) is 0 Å². The highest BCUT2D eigenvalue weighted by Gasteiger charge is 2.15. The molecule has 2 aromatic rings. The van der Waals surface area contributed by atoms with Crippen molar-refractivity contribution in [3.63, 3.8) is 0 Å². The SMILES string of the molecule is O=C(Nc1cc(F)cc(Cl)c1)c1ccc([N+](=O)[O-])c(Cl)c1. The van der Waals surface area contributed by atoms with Gasteiger partial charge in [0.1, 0.15) is 10.8 Å². The van der Waals surface area contributed by atoms with Gasteiger partial charge in [-0.2, -0.15) is 0 Å². The Morgan fingerprint density at radius 3 is 2.48 bits per heavy atom. The summed E-state index contributed by atoms with van der Waals surface area (Å²) in [6, 6.07) is 7.10. The van der Waals surface area contributed by atoms with Crippen molar-refractivity contribution in [3.05, 3.63) is 67.9 Å². The standard InChI is InChI=1S/C13H7Cl2FN2O3/c14-8-4-9(16)6-10(5-8)17-13(19)7-1-2-12(18(20)21)11(15)3-7/h1-6H,(H,17,19). The minimum absolute atomic E-state index is 0.103. The summed E-state index contributed by atoms with van der Waals surface area (Å²) >= 11 is 11.4. The second-order valence-corrected chi connectivity index (χ2v) is 4.88. The van der Waals surface area contributed by atoms with Gasteiger partial charge in [-0.05, 0) is 30.3 Å². The fraction of sp³-hybridized carbons (Fsp3) is 0. The van der Waals surface area contributed by atoms with Crippen LogP contribution in [0.25, 0.3) is 0 Å². The van der Waals surface area contributed by atoms with Gasteiger partial charge in [0.2, 0.25) is 0 Å². The number of nitro groups is 1. The summed E-state index contributed by atoms with van der Waals surface area (Å²) in [5, 5.41) is 13.0. The van der Waals surface area contributed by atoms with Crippen LogP contribution in [0.15, 0.2) is 36.4 Å². The topological polar surface area (TPSA) is 72.2 Å². The van der Waals surface area contributed by atoms with Crippen molar-refractivity contribution >= 4 is 40.5 Å². The van der Waals surface area contributed by atoms with Crippen LogP contribution in [0.3, 0.4) is 0 Å². The third kappa shape index (κ3) is 3.68. The van der Waals surface area contributed by atoms with Gasteiger partial charge in [0.05, 0.1) is 4.92 Å². The molecule has 1 N–H and O–H groups in total. The lowest BCUT2D eigenvalue weighted by molar-refractivity contribution is -0.384. The number of rotatable bonds is 3. The molecule has 0 aliphatic heterocycles. The third-order valence-corrected chi connectivity index (χ3v) is 3.05. The van der Waals surface area contributed by atoms with E-state index in [-0.39, 0.29) is 27.0 Å². The normalized spacial score (nSPS) is 10.2. The first-order valence-electron chi connectivity index (χ1n) is 5.58. The molecule has 108 valence electrons. The zero-order valence-electron chi connectivity index (χ0n) is 10.3. The summed E-state index contributed by atoms with van der Waals surface area (Å²) in [6.07, 6.45) is 0. The second kappa shape index (κ2) is 6.07. The van der Waals surface area contributed by atoms with Crippen LogP contribution in [-0.4, -0.2) is 10.8 Å². The molecule has 0 radical (unpaired) electrons. The van der Waals surface area contributed by atoms with E-state index in [4.69, 9.17) is 23.2 Å². The molecule has 1 amide bonds. The van der Waals surface area contributed by atoms with Crippen molar-refractivity contribution in [2.24, 2.45) is 0 Å². The summed E-state index contributed by atoms with van der Waals surface area (Å²) < 4.78 is 13.2. The summed E-state index contributed by atoms with van der Waals surface area (Å²) in [4.78, 5) is 21.9. The fourth-order valence-corrected chi connectivity index (χ4v) is 2.10. The van der Waals surface area contributed by atoms with Gasteiger partial charge >= 0.3 is 0 Å². The van der Waals surface area contributed by atoms with Gasteiger partial charge in [-0.3, -0.25) is 14.9 Å². The number of amides is 1. The first-order chi connectivity index (χ1) is 9.86. The molecule has 0 unspecified atom stereocenters. The minimum atomic E-state index is -0.656. The van der Waals surface area contributed by atoms with Crippen molar-refractivity contribution in [2.75, 3.05) is 5.32 Å². The van der Waals surface area contributed by atoms with Gasteiger partial charge in [0, 0.05) is 22.3 Å². The first-order valence-corrected chi connectivity index (χ1v) is 6.34. The quantitative estimate of drug-likeness (QED) is 0.674. The van der Waals surface area contributed by atoms with Crippen molar-refractivity contribution in [2.45, 2.75) is 0 Å². The highest BCUT2D eigenvalue weighted by molar-refractivity contribution is 6.33. The smallest absolute Gasteiger partial charge is 0.287 e. The van der Waals surface area contributed by atoms with E-state index >= 15 is 0 Å². The molecule has 0 aliphatic rings. The van der Waals surface area contributed by atoms with Crippen LogP contribution < -0.4 is 5.32 Å². The molecule has 0 atom stereocenters. The maximum absolute atomic E-state index is 13.2. The molecule has 5 nitrogen and oxygen atoms in total. The maximum atomic E-state index is 13.2. The van der Waals surface area contributed by atoms with Crippen LogP contribution in [-0.2, 0) is 0 Å². The Morgan fingerprint density at radius 1 is 1.19 bits per heavy atom. The van der Waals surface area contributed by atoms with Gasteiger partial charge in [0.25, 0.3) is 11.6 Å². The molecular formula is C13H7Cl2FN2O3. The zero-order chi connectivity index (χ0) is 15.6. The van der Waals surface area contributed by atoms with Gasteiger partial charge in [0.15, 0.2) is 0 Å². The van der Waals surface area contributed by atoms with E-state index in [1.807, 2.05) is 0 Å². The molecule has 2 aromatic carbocycles. The van der Waals surface area contributed by atoms with E-state index in [0.717, 1.165) is 24.3 Å². The van der Waals surface area contributed by atoms with E-state index in [1.165, 1.54) is 12.1 Å². The number of carbonyl (C=O) groups is 1. The minimum Gasteiger partial charge on any atom is -0.322 e. The van der Waals surface area contributed by atoms with Crippen LogP contribution in [0.4, 0.5) is 15.8 Å². The maximum Gasteiger partial charge on any atom is 0.287 e. The van der Waals surface area contributed by atoms with Crippen LogP contribution in [0, 0.1) is 15.9 Å². The van der Waals surface area contributed by atoms with Crippen molar-refractivity contribution in [1.82, 2.24) is 0 Å². The Kier molecular flexibility index (Phi) is 4.40. The fourth-order valence-electron chi connectivity index (χ4n) is 1.63. The van der Waals surface area contributed by atoms with Gasteiger partial charge in [-0.15, -0.1) is 0 Å². The molecule has 0 saturated heterocycles.